The molecule has 0 bridgehead atoms. The molecule has 0 radical (unpaired) electrons. The molecule has 1 aromatic rings. The van der Waals surface area contributed by atoms with Crippen LogP contribution in [0.3, 0.4) is 0 Å². The standard InChI is InChI=1S/C10H16F3N3O/c1-14-7-9-3-5-16(15-9)4-2-6-17-8-10(11,12)13/h3,5,14H,2,4,6-8H2,1H3. The average Bonchev–Trinajstić information content (AvgIpc) is 2.64. The zero-order valence-corrected chi connectivity index (χ0v) is 9.63. The molecule has 0 fully saturated rings. The van der Waals surface area contributed by atoms with E-state index in [1.165, 1.54) is 0 Å². The van der Waals surface area contributed by atoms with E-state index in [2.05, 4.69) is 15.2 Å². The van der Waals surface area contributed by atoms with Gasteiger partial charge in [0.15, 0.2) is 0 Å². The number of alkyl halides is 3. The van der Waals surface area contributed by atoms with E-state index in [0.717, 1.165) is 5.69 Å². The molecule has 0 spiro atoms. The summed E-state index contributed by atoms with van der Waals surface area (Å²) in [6.07, 6.45) is -1.93. The molecule has 0 amide bonds. The molecule has 7 heteroatoms. The van der Waals surface area contributed by atoms with Crippen LogP contribution in [0.15, 0.2) is 12.3 Å². The normalized spacial score (nSPS) is 12.0. The zero-order valence-electron chi connectivity index (χ0n) is 9.63. The summed E-state index contributed by atoms with van der Waals surface area (Å²) in [7, 11) is 1.82. The topological polar surface area (TPSA) is 39.1 Å². The number of aromatic nitrogens is 2. The monoisotopic (exact) mass is 251 g/mol. The number of ether oxygens (including phenoxy) is 1. The summed E-state index contributed by atoms with van der Waals surface area (Å²) in [5.74, 6) is 0. The molecule has 1 rings (SSSR count). The lowest BCUT2D eigenvalue weighted by Crippen LogP contribution is -2.18. The van der Waals surface area contributed by atoms with Crippen LogP contribution in [-0.2, 0) is 17.8 Å². The van der Waals surface area contributed by atoms with E-state index in [-0.39, 0.29) is 6.61 Å². The molecule has 98 valence electrons. The highest BCUT2D eigenvalue weighted by atomic mass is 19.4. The van der Waals surface area contributed by atoms with Crippen LogP contribution in [0.2, 0.25) is 0 Å². The summed E-state index contributed by atoms with van der Waals surface area (Å²) in [4.78, 5) is 0. The number of halogens is 3. The molecule has 0 saturated heterocycles. The van der Waals surface area contributed by atoms with Crippen molar-refractivity contribution < 1.29 is 17.9 Å². The van der Waals surface area contributed by atoms with Gasteiger partial charge in [-0.05, 0) is 19.5 Å². The van der Waals surface area contributed by atoms with Gasteiger partial charge in [0.25, 0.3) is 0 Å². The second-order valence-corrected chi connectivity index (χ2v) is 3.62. The molecule has 0 saturated carbocycles. The molecule has 1 heterocycles. The SMILES string of the molecule is CNCc1ccn(CCCOCC(F)(F)F)n1. The van der Waals surface area contributed by atoms with Crippen molar-refractivity contribution >= 4 is 0 Å². The maximum atomic E-state index is 11.7. The van der Waals surface area contributed by atoms with Gasteiger partial charge in [0.05, 0.1) is 5.69 Å². The lowest BCUT2D eigenvalue weighted by Gasteiger charge is -2.07. The van der Waals surface area contributed by atoms with Crippen molar-refractivity contribution in [1.82, 2.24) is 15.1 Å². The minimum Gasteiger partial charge on any atom is -0.372 e. The Morgan fingerprint density at radius 3 is 2.88 bits per heavy atom. The Kier molecular flexibility index (Phi) is 5.43. The van der Waals surface area contributed by atoms with E-state index in [1.54, 1.807) is 10.9 Å². The molecule has 0 unspecified atom stereocenters. The molecule has 0 atom stereocenters. The van der Waals surface area contributed by atoms with Crippen molar-refractivity contribution in [1.29, 1.82) is 0 Å². The van der Waals surface area contributed by atoms with Gasteiger partial charge in [0, 0.05) is 25.9 Å². The second kappa shape index (κ2) is 6.61. The van der Waals surface area contributed by atoms with Gasteiger partial charge in [0.1, 0.15) is 6.61 Å². The van der Waals surface area contributed by atoms with Crippen LogP contribution < -0.4 is 5.32 Å². The first-order valence-corrected chi connectivity index (χ1v) is 5.32. The first-order chi connectivity index (χ1) is 8.01. The second-order valence-electron chi connectivity index (χ2n) is 3.62. The predicted molar refractivity (Wildman–Crippen MR) is 56.5 cm³/mol. The Labute approximate surface area is 97.8 Å². The number of hydrogen-bond donors (Lipinski definition) is 1. The van der Waals surface area contributed by atoms with E-state index in [9.17, 15) is 13.2 Å². The molecule has 0 aliphatic heterocycles. The summed E-state index contributed by atoms with van der Waals surface area (Å²) in [5.41, 5.74) is 0.906. The molecule has 17 heavy (non-hydrogen) atoms. The van der Waals surface area contributed by atoms with Gasteiger partial charge < -0.3 is 10.1 Å². The molecule has 1 N–H and O–H groups in total. The number of aryl methyl sites for hydroxylation is 1. The molecular formula is C10H16F3N3O. The third-order valence-electron chi connectivity index (χ3n) is 2.00. The fourth-order valence-corrected chi connectivity index (χ4v) is 1.32. The number of nitrogens with zero attached hydrogens (tertiary/aromatic N) is 2. The summed E-state index contributed by atoms with van der Waals surface area (Å²) < 4.78 is 41.4. The molecule has 0 aliphatic carbocycles. The van der Waals surface area contributed by atoms with Crippen LogP contribution in [0, 0.1) is 0 Å². The molecule has 1 aromatic heterocycles. The Balaban J connectivity index is 2.13. The van der Waals surface area contributed by atoms with E-state index in [0.29, 0.717) is 19.5 Å². The highest BCUT2D eigenvalue weighted by Crippen LogP contribution is 2.14. The molecule has 0 aromatic carbocycles. The van der Waals surface area contributed by atoms with Gasteiger partial charge in [-0.25, -0.2) is 0 Å². The van der Waals surface area contributed by atoms with E-state index in [4.69, 9.17) is 0 Å². The van der Waals surface area contributed by atoms with Crippen molar-refractivity contribution in [3.05, 3.63) is 18.0 Å². The van der Waals surface area contributed by atoms with Crippen molar-refractivity contribution in [2.45, 2.75) is 25.7 Å². The van der Waals surface area contributed by atoms with Crippen LogP contribution in [0.5, 0.6) is 0 Å². The summed E-state index contributed by atoms with van der Waals surface area (Å²) in [6, 6.07) is 1.87. The fraction of sp³-hybridized carbons (Fsp3) is 0.700. The van der Waals surface area contributed by atoms with Gasteiger partial charge in [-0.3, -0.25) is 4.68 Å². The van der Waals surface area contributed by atoms with Crippen molar-refractivity contribution in [2.24, 2.45) is 0 Å². The van der Waals surface area contributed by atoms with Crippen LogP contribution in [0.25, 0.3) is 0 Å². The Morgan fingerprint density at radius 1 is 1.47 bits per heavy atom. The third kappa shape index (κ3) is 6.28. The van der Waals surface area contributed by atoms with Gasteiger partial charge >= 0.3 is 6.18 Å². The highest BCUT2D eigenvalue weighted by Gasteiger charge is 2.27. The zero-order chi connectivity index (χ0) is 12.7. The fourth-order valence-electron chi connectivity index (χ4n) is 1.32. The van der Waals surface area contributed by atoms with Crippen LogP contribution in [0.4, 0.5) is 13.2 Å². The quantitative estimate of drug-likeness (QED) is 0.748. The minimum absolute atomic E-state index is 0.0841. The lowest BCUT2D eigenvalue weighted by atomic mass is 10.4. The Hall–Kier alpha value is -1.08. The van der Waals surface area contributed by atoms with E-state index in [1.807, 2.05) is 13.1 Å². The third-order valence-corrected chi connectivity index (χ3v) is 2.00. The average molecular weight is 251 g/mol. The summed E-state index contributed by atoms with van der Waals surface area (Å²) in [6.45, 7) is 0.136. The van der Waals surface area contributed by atoms with Crippen molar-refractivity contribution in [3.63, 3.8) is 0 Å². The number of rotatable bonds is 7. The van der Waals surface area contributed by atoms with Gasteiger partial charge in [0.2, 0.25) is 0 Å². The first-order valence-electron chi connectivity index (χ1n) is 5.32. The van der Waals surface area contributed by atoms with Crippen LogP contribution >= 0.6 is 0 Å². The Morgan fingerprint density at radius 2 is 2.24 bits per heavy atom. The maximum absolute atomic E-state index is 11.7. The number of nitrogens with one attached hydrogen (secondary N) is 1. The summed E-state index contributed by atoms with van der Waals surface area (Å²) in [5, 5.41) is 7.19. The van der Waals surface area contributed by atoms with Gasteiger partial charge in [-0.1, -0.05) is 0 Å². The maximum Gasteiger partial charge on any atom is 0.411 e. The van der Waals surface area contributed by atoms with Crippen molar-refractivity contribution in [3.8, 4) is 0 Å². The number of hydrogen-bond acceptors (Lipinski definition) is 3. The highest BCUT2D eigenvalue weighted by molar-refractivity contribution is 4.97. The van der Waals surface area contributed by atoms with Crippen LogP contribution in [0.1, 0.15) is 12.1 Å². The smallest absolute Gasteiger partial charge is 0.372 e. The predicted octanol–water partition coefficient (Wildman–Crippen LogP) is 1.57. The van der Waals surface area contributed by atoms with E-state index >= 15 is 0 Å². The summed E-state index contributed by atoms with van der Waals surface area (Å²) >= 11 is 0. The van der Waals surface area contributed by atoms with E-state index < -0.39 is 12.8 Å². The van der Waals surface area contributed by atoms with Gasteiger partial charge in [-0.2, -0.15) is 18.3 Å². The van der Waals surface area contributed by atoms with Crippen LogP contribution in [-0.4, -0.2) is 36.2 Å². The molecular weight excluding hydrogens is 235 g/mol. The molecule has 4 nitrogen and oxygen atoms in total. The minimum atomic E-state index is -4.24. The largest absolute Gasteiger partial charge is 0.411 e. The first kappa shape index (κ1) is 14.0. The Bertz CT molecular complexity index is 325. The van der Waals surface area contributed by atoms with Gasteiger partial charge in [-0.15, -0.1) is 0 Å². The lowest BCUT2D eigenvalue weighted by molar-refractivity contribution is -0.174. The molecule has 0 aliphatic rings. The van der Waals surface area contributed by atoms with Crippen molar-refractivity contribution in [2.75, 3.05) is 20.3 Å².